The summed E-state index contributed by atoms with van der Waals surface area (Å²) in [7, 11) is 0. The summed E-state index contributed by atoms with van der Waals surface area (Å²) in [4.78, 5) is 0. The normalized spacial score (nSPS) is 53.1. The van der Waals surface area contributed by atoms with Gasteiger partial charge in [-0.25, -0.2) is 0 Å². The van der Waals surface area contributed by atoms with Crippen LogP contribution in [0.3, 0.4) is 0 Å². The third-order valence-electron chi connectivity index (χ3n) is 8.89. The Kier molecular flexibility index (Phi) is 4.46. The van der Waals surface area contributed by atoms with Crippen LogP contribution in [0, 0.1) is 34.5 Å². The summed E-state index contributed by atoms with van der Waals surface area (Å²) < 4.78 is 1.06. The van der Waals surface area contributed by atoms with Crippen LogP contribution in [0.5, 0.6) is 0 Å². The van der Waals surface area contributed by atoms with Crippen LogP contribution in [0.4, 0.5) is 0 Å². The highest BCUT2D eigenvalue weighted by Gasteiger charge is 2.59. The van der Waals surface area contributed by atoms with E-state index in [2.05, 4.69) is 29.8 Å². The largest absolute Gasteiger partial charge is 0.393 e. The number of allylic oxidation sites excluding steroid dienone is 1. The minimum absolute atomic E-state index is 0.0463. The molecule has 0 saturated heterocycles. The van der Waals surface area contributed by atoms with Crippen LogP contribution >= 0.6 is 15.9 Å². The molecule has 0 amide bonds. The highest BCUT2D eigenvalue weighted by Crippen LogP contribution is 2.67. The van der Waals surface area contributed by atoms with Crippen molar-refractivity contribution >= 4 is 15.9 Å². The molecule has 4 aliphatic carbocycles. The van der Waals surface area contributed by atoms with E-state index in [1.165, 1.54) is 50.5 Å². The number of fused-ring (bicyclic) bond motifs is 5. The predicted octanol–water partition coefficient (Wildman–Crippen LogP) is 5.03. The monoisotopic (exact) mass is 396 g/mol. The van der Waals surface area contributed by atoms with Crippen molar-refractivity contribution < 1.29 is 10.2 Å². The second kappa shape index (κ2) is 6.09. The molecule has 0 aliphatic heterocycles. The molecule has 24 heavy (non-hydrogen) atoms. The van der Waals surface area contributed by atoms with Gasteiger partial charge in [0.2, 0.25) is 0 Å². The predicted molar refractivity (Wildman–Crippen MR) is 101 cm³/mol. The van der Waals surface area contributed by atoms with E-state index >= 15 is 0 Å². The Morgan fingerprint density at radius 2 is 1.88 bits per heavy atom. The average molecular weight is 397 g/mol. The van der Waals surface area contributed by atoms with Crippen molar-refractivity contribution in [3.05, 3.63) is 10.1 Å². The average Bonchev–Trinajstić information content (AvgIpc) is 2.92. The molecule has 4 aliphatic rings. The Bertz CT molecular complexity index is 544. The molecule has 4 rings (SSSR count). The van der Waals surface area contributed by atoms with E-state index in [0.717, 1.165) is 41.0 Å². The van der Waals surface area contributed by atoms with Gasteiger partial charge in [0.25, 0.3) is 0 Å². The molecule has 0 aromatic heterocycles. The highest BCUT2D eigenvalue weighted by atomic mass is 79.9. The van der Waals surface area contributed by atoms with Crippen LogP contribution < -0.4 is 0 Å². The topological polar surface area (TPSA) is 40.5 Å². The molecule has 4 fully saturated rings. The number of hydrogen-bond acceptors (Lipinski definition) is 2. The smallest absolute Gasteiger partial charge is 0.0746 e. The molecule has 0 unspecified atom stereocenters. The van der Waals surface area contributed by atoms with Gasteiger partial charge in [-0.1, -0.05) is 35.4 Å². The maximum absolute atomic E-state index is 10.1. The van der Waals surface area contributed by atoms with E-state index in [9.17, 15) is 10.2 Å². The van der Waals surface area contributed by atoms with Crippen molar-refractivity contribution in [3.63, 3.8) is 0 Å². The van der Waals surface area contributed by atoms with Crippen molar-refractivity contribution in [1.82, 2.24) is 0 Å². The second-order valence-corrected chi connectivity index (χ2v) is 10.6. The molecule has 4 saturated carbocycles. The van der Waals surface area contributed by atoms with Gasteiger partial charge in [0.05, 0.1) is 12.7 Å². The van der Waals surface area contributed by atoms with Crippen molar-refractivity contribution in [1.29, 1.82) is 0 Å². The molecule has 0 aromatic carbocycles. The lowest BCUT2D eigenvalue weighted by atomic mass is 9.45. The van der Waals surface area contributed by atoms with Gasteiger partial charge in [-0.05, 0) is 92.3 Å². The lowest BCUT2D eigenvalue weighted by Crippen LogP contribution is -2.53. The van der Waals surface area contributed by atoms with E-state index < -0.39 is 0 Å². The van der Waals surface area contributed by atoms with E-state index in [1.54, 1.807) is 0 Å². The molecule has 7 atom stereocenters. The minimum Gasteiger partial charge on any atom is -0.393 e. The first-order valence-electron chi connectivity index (χ1n) is 10.1. The van der Waals surface area contributed by atoms with Gasteiger partial charge in [0.1, 0.15) is 0 Å². The Labute approximate surface area is 155 Å². The summed E-state index contributed by atoms with van der Waals surface area (Å²) in [6.07, 6.45) is 11.0. The molecular weight excluding hydrogens is 364 g/mol. The third kappa shape index (κ3) is 2.41. The Balaban J connectivity index is 1.63. The standard InChI is InChI=1S/C21H33BrO2/c1-20-9-7-14(24)11-13(20)3-4-15-16-5-6-18(19(22)12-23)21(16,2)10-8-17(15)20/h13-17,23-24H,3-12H2,1-2H3/b19-18+/t13-,14-,15-,16-,17-,20-,21-/m0/s1. The van der Waals surface area contributed by atoms with Gasteiger partial charge in [0.15, 0.2) is 0 Å². The first kappa shape index (κ1) is 17.5. The van der Waals surface area contributed by atoms with Crippen LogP contribution in [-0.4, -0.2) is 22.9 Å². The van der Waals surface area contributed by atoms with E-state index in [4.69, 9.17) is 0 Å². The van der Waals surface area contributed by atoms with Gasteiger partial charge in [0, 0.05) is 4.48 Å². The summed E-state index contributed by atoms with van der Waals surface area (Å²) in [5, 5.41) is 19.8. The Morgan fingerprint density at radius 1 is 1.08 bits per heavy atom. The molecule has 0 spiro atoms. The number of rotatable bonds is 1. The maximum Gasteiger partial charge on any atom is 0.0746 e. The SMILES string of the molecule is C[C@]12CC[C@H](O)C[C@@H]1CC[C@@H]1[C@@H]2CC[C@]2(C)/C(=C(/Br)CO)CC[C@@H]12. The fraction of sp³-hybridized carbons (Fsp3) is 0.905. The zero-order valence-corrected chi connectivity index (χ0v) is 16.8. The van der Waals surface area contributed by atoms with Gasteiger partial charge >= 0.3 is 0 Å². The maximum atomic E-state index is 10.1. The first-order chi connectivity index (χ1) is 11.4. The zero-order valence-electron chi connectivity index (χ0n) is 15.2. The zero-order chi connectivity index (χ0) is 17.1. The van der Waals surface area contributed by atoms with Crippen LogP contribution in [0.2, 0.25) is 0 Å². The lowest BCUT2D eigenvalue weighted by molar-refractivity contribution is -0.116. The molecule has 2 N–H and O–H groups in total. The molecule has 0 radical (unpaired) electrons. The highest BCUT2D eigenvalue weighted by molar-refractivity contribution is 9.11. The van der Waals surface area contributed by atoms with Crippen LogP contribution in [0.15, 0.2) is 10.1 Å². The third-order valence-corrected chi connectivity index (χ3v) is 9.62. The quantitative estimate of drug-likeness (QED) is 0.652. The Hall–Kier alpha value is 0.140. The fourth-order valence-corrected chi connectivity index (χ4v) is 8.24. The second-order valence-electron chi connectivity index (χ2n) is 9.62. The van der Waals surface area contributed by atoms with Crippen molar-refractivity contribution in [2.75, 3.05) is 6.61 Å². The fourth-order valence-electron chi connectivity index (χ4n) is 7.59. The molecule has 0 heterocycles. The van der Waals surface area contributed by atoms with Gasteiger partial charge < -0.3 is 10.2 Å². The van der Waals surface area contributed by atoms with E-state index in [0.29, 0.717) is 10.8 Å². The molecule has 2 nitrogen and oxygen atoms in total. The van der Waals surface area contributed by atoms with Gasteiger partial charge in [-0.15, -0.1) is 0 Å². The Morgan fingerprint density at radius 3 is 2.62 bits per heavy atom. The number of halogens is 1. The lowest BCUT2D eigenvalue weighted by Gasteiger charge is -2.60. The van der Waals surface area contributed by atoms with Crippen molar-refractivity contribution in [2.45, 2.75) is 77.7 Å². The molecule has 0 bridgehead atoms. The summed E-state index contributed by atoms with van der Waals surface area (Å²) in [5.74, 6) is 3.26. The van der Waals surface area contributed by atoms with Crippen molar-refractivity contribution in [3.8, 4) is 0 Å². The molecular formula is C21H33BrO2. The minimum atomic E-state index is -0.0463. The first-order valence-corrected chi connectivity index (χ1v) is 10.9. The number of hydrogen-bond donors (Lipinski definition) is 2. The van der Waals surface area contributed by atoms with Crippen LogP contribution in [-0.2, 0) is 0 Å². The summed E-state index contributed by atoms with van der Waals surface area (Å²) in [6.45, 7) is 5.19. The van der Waals surface area contributed by atoms with E-state index in [1.807, 2.05) is 0 Å². The van der Waals surface area contributed by atoms with Crippen LogP contribution in [0.1, 0.15) is 71.6 Å². The number of aliphatic hydroxyl groups is 2. The molecule has 136 valence electrons. The summed E-state index contributed by atoms with van der Waals surface area (Å²) in [5.41, 5.74) is 2.28. The molecule has 0 aromatic rings. The molecule has 3 heteroatoms. The van der Waals surface area contributed by atoms with E-state index in [-0.39, 0.29) is 12.7 Å². The summed E-state index contributed by atoms with van der Waals surface area (Å²) in [6, 6.07) is 0. The van der Waals surface area contributed by atoms with Crippen molar-refractivity contribution in [2.24, 2.45) is 34.5 Å². The van der Waals surface area contributed by atoms with Gasteiger partial charge in [-0.2, -0.15) is 0 Å². The summed E-state index contributed by atoms with van der Waals surface area (Å²) >= 11 is 3.66. The number of aliphatic hydroxyl groups excluding tert-OH is 2. The van der Waals surface area contributed by atoms with Crippen LogP contribution in [0.25, 0.3) is 0 Å². The van der Waals surface area contributed by atoms with Gasteiger partial charge in [-0.3, -0.25) is 0 Å².